The molecule has 0 aliphatic carbocycles. The summed E-state index contributed by atoms with van der Waals surface area (Å²) in [6.45, 7) is 6.16. The van der Waals surface area contributed by atoms with Crippen molar-refractivity contribution in [1.82, 2.24) is 4.31 Å². The fraction of sp³-hybridized carbons (Fsp3) is 0.350. The van der Waals surface area contributed by atoms with Crippen molar-refractivity contribution in [3.63, 3.8) is 0 Å². The number of nitrogens with zero attached hydrogens (tertiary/aromatic N) is 1. The van der Waals surface area contributed by atoms with Crippen molar-refractivity contribution in [3.05, 3.63) is 59.4 Å². The number of hydrogen-bond donors (Lipinski definition) is 1. The summed E-state index contributed by atoms with van der Waals surface area (Å²) < 4.78 is 39.6. The Morgan fingerprint density at radius 2 is 1.75 bits per heavy atom. The number of hydrogen-bond acceptors (Lipinski definition) is 4. The van der Waals surface area contributed by atoms with Crippen LogP contribution in [0.4, 0.5) is 10.1 Å². The maximum Gasteiger partial charge on any atom is 0.243 e. The van der Waals surface area contributed by atoms with Gasteiger partial charge >= 0.3 is 0 Å². The third-order valence-electron chi connectivity index (χ3n) is 4.24. The molecule has 28 heavy (non-hydrogen) atoms. The van der Waals surface area contributed by atoms with Crippen LogP contribution in [0, 0.1) is 12.7 Å². The van der Waals surface area contributed by atoms with Gasteiger partial charge in [0.15, 0.2) is 0 Å². The molecule has 0 radical (unpaired) electrons. The predicted octanol–water partition coefficient (Wildman–Crippen LogP) is 4.04. The van der Waals surface area contributed by atoms with Gasteiger partial charge in [0.05, 0.1) is 10.6 Å². The van der Waals surface area contributed by atoms with Gasteiger partial charge in [0.1, 0.15) is 5.82 Å². The Morgan fingerprint density at radius 1 is 1.11 bits per heavy atom. The maximum atomic E-state index is 12.9. The first-order valence-corrected chi connectivity index (χ1v) is 11.6. The summed E-state index contributed by atoms with van der Waals surface area (Å²) in [6.07, 6.45) is 0. The van der Waals surface area contributed by atoms with Gasteiger partial charge in [-0.1, -0.05) is 32.0 Å². The van der Waals surface area contributed by atoms with Crippen LogP contribution in [0.15, 0.2) is 47.4 Å². The van der Waals surface area contributed by atoms with Crippen LogP contribution in [0.2, 0.25) is 0 Å². The van der Waals surface area contributed by atoms with E-state index in [-0.39, 0.29) is 22.4 Å². The third-order valence-corrected chi connectivity index (χ3v) is 7.29. The van der Waals surface area contributed by atoms with Crippen LogP contribution < -0.4 is 5.32 Å². The summed E-state index contributed by atoms with van der Waals surface area (Å²) in [5.41, 5.74) is 2.21. The smallest absolute Gasteiger partial charge is 0.243 e. The molecule has 0 spiro atoms. The second kappa shape index (κ2) is 10.0. The van der Waals surface area contributed by atoms with Gasteiger partial charge in [-0.25, -0.2) is 12.8 Å². The lowest BCUT2D eigenvalue weighted by Crippen LogP contribution is -2.30. The van der Waals surface area contributed by atoms with Crippen molar-refractivity contribution in [2.75, 3.05) is 24.2 Å². The van der Waals surface area contributed by atoms with Crippen LogP contribution in [0.1, 0.15) is 25.0 Å². The molecule has 0 saturated heterocycles. The van der Waals surface area contributed by atoms with Crippen LogP contribution in [0.5, 0.6) is 0 Å². The van der Waals surface area contributed by atoms with Crippen molar-refractivity contribution in [2.24, 2.45) is 0 Å². The van der Waals surface area contributed by atoms with Gasteiger partial charge in [0.25, 0.3) is 0 Å². The van der Waals surface area contributed by atoms with E-state index in [0.29, 0.717) is 24.5 Å². The minimum atomic E-state index is -3.59. The molecule has 0 saturated carbocycles. The van der Waals surface area contributed by atoms with E-state index in [2.05, 4.69) is 5.32 Å². The normalized spacial score (nSPS) is 11.6. The van der Waals surface area contributed by atoms with E-state index in [1.807, 2.05) is 6.92 Å². The molecular formula is C20H25FN2O3S2. The minimum Gasteiger partial charge on any atom is -0.325 e. The first-order chi connectivity index (χ1) is 13.3. The van der Waals surface area contributed by atoms with E-state index >= 15 is 0 Å². The molecular weight excluding hydrogens is 399 g/mol. The largest absolute Gasteiger partial charge is 0.325 e. The average molecular weight is 425 g/mol. The van der Waals surface area contributed by atoms with E-state index in [9.17, 15) is 17.6 Å². The zero-order chi connectivity index (χ0) is 20.7. The Kier molecular flexibility index (Phi) is 8.03. The first-order valence-electron chi connectivity index (χ1n) is 9.00. The van der Waals surface area contributed by atoms with Gasteiger partial charge in [-0.15, -0.1) is 11.8 Å². The number of nitrogens with one attached hydrogen (secondary N) is 1. The van der Waals surface area contributed by atoms with Crippen LogP contribution in [0.25, 0.3) is 0 Å². The third kappa shape index (κ3) is 5.80. The van der Waals surface area contributed by atoms with Crippen molar-refractivity contribution >= 4 is 33.4 Å². The number of anilines is 1. The molecule has 152 valence electrons. The maximum absolute atomic E-state index is 12.9. The molecule has 1 N–H and O–H groups in total. The van der Waals surface area contributed by atoms with E-state index in [1.165, 1.54) is 34.3 Å². The Balaban J connectivity index is 2.02. The molecule has 0 aliphatic heterocycles. The molecule has 0 aliphatic rings. The minimum absolute atomic E-state index is 0.163. The summed E-state index contributed by atoms with van der Waals surface area (Å²) in [5, 5.41) is 2.79. The number of aryl methyl sites for hydroxylation is 1. The highest BCUT2D eigenvalue weighted by molar-refractivity contribution is 7.99. The van der Waals surface area contributed by atoms with Crippen molar-refractivity contribution in [3.8, 4) is 0 Å². The van der Waals surface area contributed by atoms with Crippen molar-refractivity contribution < 1.29 is 17.6 Å². The van der Waals surface area contributed by atoms with E-state index in [1.54, 1.807) is 38.1 Å². The van der Waals surface area contributed by atoms with Gasteiger partial charge in [-0.2, -0.15) is 4.31 Å². The summed E-state index contributed by atoms with van der Waals surface area (Å²) in [5.74, 6) is 0.293. The van der Waals surface area contributed by atoms with Gasteiger partial charge in [-0.05, 0) is 42.3 Å². The molecule has 8 heteroatoms. The second-order valence-corrected chi connectivity index (χ2v) is 9.16. The first kappa shape index (κ1) is 22.4. The Labute approximate surface area is 170 Å². The Bertz CT molecular complexity index is 912. The Hall–Kier alpha value is -1.90. The highest BCUT2D eigenvalue weighted by Crippen LogP contribution is 2.23. The van der Waals surface area contributed by atoms with Gasteiger partial charge < -0.3 is 5.32 Å². The van der Waals surface area contributed by atoms with E-state index in [4.69, 9.17) is 0 Å². The monoisotopic (exact) mass is 424 g/mol. The van der Waals surface area contributed by atoms with E-state index < -0.39 is 10.0 Å². The number of thioether (sulfide) groups is 1. The molecule has 0 atom stereocenters. The van der Waals surface area contributed by atoms with Crippen LogP contribution in [0.3, 0.4) is 0 Å². The van der Waals surface area contributed by atoms with Gasteiger partial charge in [0.2, 0.25) is 15.9 Å². The summed E-state index contributed by atoms with van der Waals surface area (Å²) in [7, 11) is -3.59. The standard InChI is InChI=1S/C20H25FN2O3S2/c1-4-23(5-2)28(25,26)18-11-6-15(3)19(12-18)22-20(24)14-27-13-16-7-9-17(21)10-8-16/h6-12H,4-5,13-14H2,1-3H3,(H,22,24). The highest BCUT2D eigenvalue weighted by Gasteiger charge is 2.22. The number of carbonyl (C=O) groups is 1. The predicted molar refractivity (Wildman–Crippen MR) is 112 cm³/mol. The lowest BCUT2D eigenvalue weighted by atomic mass is 10.2. The van der Waals surface area contributed by atoms with Gasteiger partial charge in [-0.3, -0.25) is 4.79 Å². The molecule has 5 nitrogen and oxygen atoms in total. The Morgan fingerprint density at radius 3 is 2.36 bits per heavy atom. The van der Waals surface area contributed by atoms with Crippen molar-refractivity contribution in [2.45, 2.75) is 31.4 Å². The lowest BCUT2D eigenvalue weighted by molar-refractivity contribution is -0.113. The fourth-order valence-electron chi connectivity index (χ4n) is 2.64. The van der Waals surface area contributed by atoms with Crippen LogP contribution in [-0.4, -0.2) is 37.5 Å². The number of carbonyl (C=O) groups excluding carboxylic acids is 1. The molecule has 0 fully saturated rings. The molecule has 1 amide bonds. The SMILES string of the molecule is CCN(CC)S(=O)(=O)c1ccc(C)c(NC(=O)CSCc2ccc(F)cc2)c1. The highest BCUT2D eigenvalue weighted by atomic mass is 32.2. The molecule has 0 unspecified atom stereocenters. The van der Waals surface area contributed by atoms with Gasteiger partial charge in [0, 0.05) is 24.5 Å². The number of amides is 1. The molecule has 2 aromatic carbocycles. The summed E-state index contributed by atoms with van der Waals surface area (Å²) in [4.78, 5) is 12.4. The molecule has 0 bridgehead atoms. The molecule has 0 heterocycles. The lowest BCUT2D eigenvalue weighted by Gasteiger charge is -2.19. The van der Waals surface area contributed by atoms with Crippen molar-refractivity contribution in [1.29, 1.82) is 0 Å². The van der Waals surface area contributed by atoms with E-state index in [0.717, 1.165) is 11.1 Å². The number of rotatable bonds is 9. The zero-order valence-electron chi connectivity index (χ0n) is 16.2. The average Bonchev–Trinajstić information content (AvgIpc) is 2.66. The number of sulfonamides is 1. The topological polar surface area (TPSA) is 66.5 Å². The summed E-state index contributed by atoms with van der Waals surface area (Å²) >= 11 is 1.41. The van der Waals surface area contributed by atoms with Crippen LogP contribution >= 0.6 is 11.8 Å². The fourth-order valence-corrected chi connectivity index (χ4v) is 4.91. The molecule has 2 rings (SSSR count). The molecule has 2 aromatic rings. The number of benzene rings is 2. The summed E-state index contributed by atoms with van der Waals surface area (Å²) in [6, 6.07) is 10.9. The molecule has 0 aromatic heterocycles. The number of halogens is 1. The second-order valence-electron chi connectivity index (χ2n) is 6.23. The van der Waals surface area contributed by atoms with Crippen LogP contribution in [-0.2, 0) is 20.6 Å². The zero-order valence-corrected chi connectivity index (χ0v) is 17.9. The quantitative estimate of drug-likeness (QED) is 0.660.